The average Bonchev–Trinajstić information content (AvgIpc) is 2.36. The molecule has 4 heteroatoms. The first kappa shape index (κ1) is 17.3. The van der Waals surface area contributed by atoms with Crippen molar-refractivity contribution < 1.29 is 9.47 Å². The molecule has 3 nitrogen and oxygen atoms in total. The fourth-order valence-corrected chi connectivity index (χ4v) is 1.92. The van der Waals surface area contributed by atoms with Gasteiger partial charge in [0.15, 0.2) is 0 Å². The van der Waals surface area contributed by atoms with Gasteiger partial charge in [-0.1, -0.05) is 18.5 Å². The number of rotatable bonds is 8. The maximum absolute atomic E-state index is 6.04. The number of halogens is 1. The molecule has 0 saturated heterocycles. The molecule has 1 aromatic rings. The lowest BCUT2D eigenvalue weighted by molar-refractivity contribution is -0.0164. The zero-order valence-corrected chi connectivity index (χ0v) is 13.7. The summed E-state index contributed by atoms with van der Waals surface area (Å²) in [5.74, 6) is 0.871. The molecule has 0 atom stereocenters. The Bertz CT molecular complexity index is 402. The Morgan fingerprint density at radius 1 is 1.20 bits per heavy atom. The first-order valence-electron chi connectivity index (χ1n) is 7.18. The molecule has 0 bridgehead atoms. The van der Waals surface area contributed by atoms with E-state index in [9.17, 15) is 0 Å². The van der Waals surface area contributed by atoms with Gasteiger partial charge in [-0.3, -0.25) is 0 Å². The third-order valence-electron chi connectivity index (χ3n) is 2.64. The maximum Gasteiger partial charge on any atom is 0.124 e. The summed E-state index contributed by atoms with van der Waals surface area (Å²) in [5, 5.41) is 4.10. The number of benzene rings is 1. The van der Waals surface area contributed by atoms with Crippen molar-refractivity contribution in [1.29, 1.82) is 0 Å². The van der Waals surface area contributed by atoms with Crippen LogP contribution in [0.15, 0.2) is 18.2 Å². The molecule has 1 aromatic carbocycles. The van der Waals surface area contributed by atoms with Crippen LogP contribution in [0.4, 0.5) is 0 Å². The average molecular weight is 300 g/mol. The van der Waals surface area contributed by atoms with E-state index in [1.165, 1.54) is 0 Å². The molecule has 0 aromatic heterocycles. The molecule has 0 aliphatic carbocycles. The molecule has 0 aliphatic rings. The number of hydrogen-bond acceptors (Lipinski definition) is 3. The van der Waals surface area contributed by atoms with Gasteiger partial charge in [0, 0.05) is 17.1 Å². The number of nitrogens with one attached hydrogen (secondary N) is 1. The van der Waals surface area contributed by atoms with Crippen LogP contribution in [0, 0.1) is 0 Å². The summed E-state index contributed by atoms with van der Waals surface area (Å²) in [6.07, 6.45) is 1.11. The lowest BCUT2D eigenvalue weighted by atomic mass is 10.2. The van der Waals surface area contributed by atoms with Gasteiger partial charge in [0.25, 0.3) is 0 Å². The van der Waals surface area contributed by atoms with E-state index in [0.717, 1.165) is 35.8 Å². The van der Waals surface area contributed by atoms with Gasteiger partial charge in [-0.2, -0.15) is 0 Å². The normalized spacial score (nSPS) is 11.7. The molecule has 0 spiro atoms. The van der Waals surface area contributed by atoms with Crippen LogP contribution in [-0.4, -0.2) is 25.4 Å². The van der Waals surface area contributed by atoms with Crippen LogP contribution in [0.2, 0.25) is 5.02 Å². The summed E-state index contributed by atoms with van der Waals surface area (Å²) in [7, 11) is 0. The van der Waals surface area contributed by atoms with Gasteiger partial charge in [0.2, 0.25) is 0 Å². The summed E-state index contributed by atoms with van der Waals surface area (Å²) in [5.41, 5.74) is 0.955. The third kappa shape index (κ3) is 7.13. The lowest BCUT2D eigenvalue weighted by Crippen LogP contribution is -2.22. The van der Waals surface area contributed by atoms with Crippen LogP contribution in [0.1, 0.15) is 39.7 Å². The van der Waals surface area contributed by atoms with Crippen molar-refractivity contribution in [3.05, 3.63) is 28.8 Å². The molecule has 0 radical (unpaired) electrons. The second kappa shape index (κ2) is 8.50. The first-order valence-corrected chi connectivity index (χ1v) is 7.56. The number of hydrogen-bond donors (Lipinski definition) is 1. The molecule has 0 unspecified atom stereocenters. The largest absolute Gasteiger partial charge is 0.491 e. The molecule has 0 heterocycles. The van der Waals surface area contributed by atoms with Crippen molar-refractivity contribution in [2.45, 2.75) is 46.3 Å². The summed E-state index contributed by atoms with van der Waals surface area (Å²) in [6.45, 7) is 11.1. The molecule has 114 valence electrons. The Kier molecular flexibility index (Phi) is 7.35. The summed E-state index contributed by atoms with van der Waals surface area (Å²) in [6, 6.07) is 5.72. The monoisotopic (exact) mass is 299 g/mol. The van der Waals surface area contributed by atoms with E-state index in [4.69, 9.17) is 21.1 Å². The predicted octanol–water partition coefficient (Wildman–Crippen LogP) is 4.03. The second-order valence-electron chi connectivity index (χ2n) is 5.74. The molecular weight excluding hydrogens is 274 g/mol. The molecule has 0 amide bonds. The second-order valence-corrected chi connectivity index (χ2v) is 6.17. The Labute approximate surface area is 127 Å². The van der Waals surface area contributed by atoms with Gasteiger partial charge in [0.1, 0.15) is 12.4 Å². The highest BCUT2D eigenvalue weighted by atomic mass is 35.5. The molecule has 0 saturated carbocycles. The maximum atomic E-state index is 6.04. The van der Waals surface area contributed by atoms with E-state index in [2.05, 4.69) is 12.2 Å². The van der Waals surface area contributed by atoms with E-state index in [-0.39, 0.29) is 5.60 Å². The van der Waals surface area contributed by atoms with Gasteiger partial charge < -0.3 is 14.8 Å². The minimum atomic E-state index is -0.130. The molecule has 1 rings (SSSR count). The lowest BCUT2D eigenvalue weighted by Gasteiger charge is -2.20. The molecular formula is C16H26ClNO2. The van der Waals surface area contributed by atoms with Gasteiger partial charge in [-0.25, -0.2) is 0 Å². The molecule has 0 aliphatic heterocycles. The highest BCUT2D eigenvalue weighted by Crippen LogP contribution is 2.23. The van der Waals surface area contributed by atoms with Crippen molar-refractivity contribution in [2.24, 2.45) is 0 Å². The van der Waals surface area contributed by atoms with Crippen LogP contribution in [0.5, 0.6) is 5.75 Å². The summed E-state index contributed by atoms with van der Waals surface area (Å²) >= 11 is 6.04. The predicted molar refractivity (Wildman–Crippen MR) is 84.6 cm³/mol. The standard InChI is InChI=1S/C16H26ClNO2/c1-5-8-18-12-13-11-14(17)6-7-15(13)19-9-10-20-16(2,3)4/h6-7,11,18H,5,8-10,12H2,1-4H3. The minimum absolute atomic E-state index is 0.130. The Morgan fingerprint density at radius 2 is 1.95 bits per heavy atom. The fraction of sp³-hybridized carbons (Fsp3) is 0.625. The number of ether oxygens (including phenoxy) is 2. The zero-order valence-electron chi connectivity index (χ0n) is 13.0. The Hall–Kier alpha value is -0.770. The Morgan fingerprint density at radius 3 is 2.60 bits per heavy atom. The fourth-order valence-electron chi connectivity index (χ4n) is 1.73. The van der Waals surface area contributed by atoms with Crippen molar-refractivity contribution in [2.75, 3.05) is 19.8 Å². The summed E-state index contributed by atoms with van der Waals surface area (Å²) in [4.78, 5) is 0. The SMILES string of the molecule is CCCNCc1cc(Cl)ccc1OCCOC(C)(C)C. The van der Waals surface area contributed by atoms with Gasteiger partial charge in [-0.05, 0) is 51.9 Å². The molecule has 0 fully saturated rings. The Balaban J connectivity index is 2.51. The van der Waals surface area contributed by atoms with Gasteiger partial charge in [-0.15, -0.1) is 0 Å². The van der Waals surface area contributed by atoms with Crippen LogP contribution in [-0.2, 0) is 11.3 Å². The van der Waals surface area contributed by atoms with Gasteiger partial charge >= 0.3 is 0 Å². The third-order valence-corrected chi connectivity index (χ3v) is 2.88. The quantitative estimate of drug-likeness (QED) is 0.735. The van der Waals surface area contributed by atoms with Crippen LogP contribution >= 0.6 is 11.6 Å². The highest BCUT2D eigenvalue weighted by molar-refractivity contribution is 6.30. The van der Waals surface area contributed by atoms with Crippen LogP contribution < -0.4 is 10.1 Å². The first-order chi connectivity index (χ1) is 9.42. The van der Waals surface area contributed by atoms with E-state index in [1.807, 2.05) is 39.0 Å². The van der Waals surface area contributed by atoms with Crippen LogP contribution in [0.25, 0.3) is 0 Å². The smallest absolute Gasteiger partial charge is 0.124 e. The summed E-state index contributed by atoms with van der Waals surface area (Å²) < 4.78 is 11.4. The van der Waals surface area contributed by atoms with Crippen molar-refractivity contribution in [3.63, 3.8) is 0 Å². The molecule has 20 heavy (non-hydrogen) atoms. The topological polar surface area (TPSA) is 30.5 Å². The van der Waals surface area contributed by atoms with E-state index in [0.29, 0.717) is 13.2 Å². The van der Waals surface area contributed by atoms with Gasteiger partial charge in [0.05, 0.1) is 12.2 Å². The highest BCUT2D eigenvalue weighted by Gasteiger charge is 2.10. The van der Waals surface area contributed by atoms with Crippen LogP contribution in [0.3, 0.4) is 0 Å². The van der Waals surface area contributed by atoms with Crippen molar-refractivity contribution >= 4 is 11.6 Å². The van der Waals surface area contributed by atoms with E-state index < -0.39 is 0 Å². The van der Waals surface area contributed by atoms with Crippen molar-refractivity contribution in [1.82, 2.24) is 5.32 Å². The van der Waals surface area contributed by atoms with E-state index >= 15 is 0 Å². The minimum Gasteiger partial charge on any atom is -0.491 e. The molecule has 1 N–H and O–H groups in total. The van der Waals surface area contributed by atoms with E-state index in [1.54, 1.807) is 0 Å². The zero-order chi connectivity index (χ0) is 15.0. The van der Waals surface area contributed by atoms with Crippen molar-refractivity contribution in [3.8, 4) is 5.75 Å².